The summed E-state index contributed by atoms with van der Waals surface area (Å²) < 4.78 is 5.38. The zero-order valence-electron chi connectivity index (χ0n) is 10.1. The Balaban J connectivity index is 2.15. The maximum atomic E-state index is 11.6. The lowest BCUT2D eigenvalue weighted by atomic mass is 10.1. The fourth-order valence-electron chi connectivity index (χ4n) is 1.36. The van der Waals surface area contributed by atoms with Crippen LogP contribution in [0.4, 0.5) is 5.00 Å². The molecule has 0 aliphatic carbocycles. The highest BCUT2D eigenvalue weighted by Crippen LogP contribution is 2.26. The van der Waals surface area contributed by atoms with Crippen LogP contribution in [0.15, 0.2) is 34.8 Å². The van der Waals surface area contributed by atoms with Gasteiger partial charge in [-0.15, -0.1) is 0 Å². The second kappa shape index (κ2) is 5.63. The van der Waals surface area contributed by atoms with Crippen molar-refractivity contribution < 1.29 is 4.79 Å². The van der Waals surface area contributed by atoms with Crippen LogP contribution in [0.3, 0.4) is 0 Å². The summed E-state index contributed by atoms with van der Waals surface area (Å²) in [5, 5.41) is 3.63. The predicted octanol–water partition coefficient (Wildman–Crippen LogP) is 4.17. The first-order valence-electron chi connectivity index (χ1n) is 5.60. The summed E-state index contributed by atoms with van der Waals surface area (Å²) >= 11 is 4.70. The smallest absolute Gasteiger partial charge is 0.227 e. The van der Waals surface area contributed by atoms with Crippen molar-refractivity contribution in [2.75, 3.05) is 5.32 Å². The van der Waals surface area contributed by atoms with Crippen LogP contribution >= 0.6 is 27.5 Å². The highest BCUT2D eigenvalue weighted by atomic mass is 79.9. The molecule has 0 radical (unpaired) electrons. The number of carbonyl (C=O) groups is 1. The van der Waals surface area contributed by atoms with Crippen LogP contribution in [0.1, 0.15) is 13.8 Å². The fraction of sp³-hybridized carbons (Fsp3) is 0.231. The molecule has 1 aromatic heterocycles. The molecule has 0 spiro atoms. The molecule has 2 rings (SSSR count). The van der Waals surface area contributed by atoms with Crippen molar-refractivity contribution in [3.8, 4) is 11.3 Å². The van der Waals surface area contributed by atoms with Crippen LogP contribution in [0.5, 0.6) is 0 Å². The number of halogens is 1. The van der Waals surface area contributed by atoms with Gasteiger partial charge in [0.05, 0.1) is 5.69 Å². The highest BCUT2D eigenvalue weighted by Gasteiger charge is 2.10. The summed E-state index contributed by atoms with van der Waals surface area (Å²) in [5.41, 5.74) is 1.92. The third-order valence-electron chi connectivity index (χ3n) is 2.42. The molecule has 1 amide bonds. The molecule has 0 saturated carbocycles. The van der Waals surface area contributed by atoms with E-state index >= 15 is 0 Å². The highest BCUT2D eigenvalue weighted by molar-refractivity contribution is 9.10. The van der Waals surface area contributed by atoms with E-state index < -0.39 is 0 Å². The Morgan fingerprint density at radius 3 is 2.61 bits per heavy atom. The summed E-state index contributed by atoms with van der Waals surface area (Å²) in [5.74, 6) is -0.00997. The van der Waals surface area contributed by atoms with Gasteiger partial charge in [-0.25, -0.2) is 0 Å². The number of benzene rings is 1. The number of aromatic nitrogens is 1. The van der Waals surface area contributed by atoms with Crippen LogP contribution in [0.2, 0.25) is 0 Å². The van der Waals surface area contributed by atoms with Crippen molar-refractivity contribution in [1.82, 2.24) is 4.37 Å². The minimum absolute atomic E-state index is 0.0148. The van der Waals surface area contributed by atoms with Crippen LogP contribution < -0.4 is 5.32 Å². The van der Waals surface area contributed by atoms with E-state index in [-0.39, 0.29) is 11.8 Å². The molecule has 5 heteroatoms. The fourth-order valence-corrected chi connectivity index (χ4v) is 2.29. The third-order valence-corrected chi connectivity index (χ3v) is 3.65. The van der Waals surface area contributed by atoms with Crippen molar-refractivity contribution in [3.05, 3.63) is 34.8 Å². The minimum Gasteiger partial charge on any atom is -0.316 e. The topological polar surface area (TPSA) is 42.0 Å². The molecular weight excluding hydrogens is 312 g/mol. The van der Waals surface area contributed by atoms with Crippen molar-refractivity contribution >= 4 is 38.4 Å². The maximum Gasteiger partial charge on any atom is 0.227 e. The van der Waals surface area contributed by atoms with Gasteiger partial charge >= 0.3 is 0 Å². The van der Waals surface area contributed by atoms with Crippen LogP contribution in [-0.2, 0) is 4.79 Å². The van der Waals surface area contributed by atoms with E-state index in [0.29, 0.717) is 0 Å². The van der Waals surface area contributed by atoms with Gasteiger partial charge in [-0.2, -0.15) is 4.37 Å². The molecule has 0 aliphatic rings. The molecule has 0 bridgehead atoms. The second-order valence-corrected chi connectivity index (χ2v) is 5.95. The van der Waals surface area contributed by atoms with Crippen molar-refractivity contribution in [3.63, 3.8) is 0 Å². The molecule has 0 saturated heterocycles. The van der Waals surface area contributed by atoms with E-state index in [1.54, 1.807) is 0 Å². The molecule has 94 valence electrons. The van der Waals surface area contributed by atoms with E-state index in [1.165, 1.54) is 11.5 Å². The molecule has 1 aromatic carbocycles. The van der Waals surface area contributed by atoms with Crippen molar-refractivity contribution in [2.24, 2.45) is 5.92 Å². The van der Waals surface area contributed by atoms with E-state index in [1.807, 2.05) is 44.2 Å². The van der Waals surface area contributed by atoms with Gasteiger partial charge in [0.15, 0.2) is 0 Å². The quantitative estimate of drug-likeness (QED) is 0.920. The van der Waals surface area contributed by atoms with Crippen LogP contribution in [-0.4, -0.2) is 10.3 Å². The van der Waals surface area contributed by atoms with Gasteiger partial charge in [-0.1, -0.05) is 41.9 Å². The Kier molecular flexibility index (Phi) is 4.14. The van der Waals surface area contributed by atoms with Gasteiger partial charge in [0.2, 0.25) is 5.91 Å². The Morgan fingerprint density at radius 2 is 2.00 bits per heavy atom. The first-order chi connectivity index (χ1) is 8.56. The number of hydrogen-bond acceptors (Lipinski definition) is 3. The van der Waals surface area contributed by atoms with Crippen molar-refractivity contribution in [1.29, 1.82) is 0 Å². The molecule has 1 N–H and O–H groups in total. The summed E-state index contributed by atoms with van der Waals surface area (Å²) in [6.07, 6.45) is 0. The summed E-state index contributed by atoms with van der Waals surface area (Å²) in [7, 11) is 0. The molecule has 0 fully saturated rings. The molecule has 0 unspecified atom stereocenters. The van der Waals surface area contributed by atoms with E-state index in [0.717, 1.165) is 20.7 Å². The first kappa shape index (κ1) is 13.2. The van der Waals surface area contributed by atoms with E-state index in [4.69, 9.17) is 0 Å². The van der Waals surface area contributed by atoms with Gasteiger partial charge in [0.1, 0.15) is 5.00 Å². The first-order valence-corrected chi connectivity index (χ1v) is 7.16. The number of rotatable bonds is 3. The summed E-state index contributed by atoms with van der Waals surface area (Å²) in [6, 6.07) is 9.83. The standard InChI is InChI=1S/C13H13BrN2OS/c1-8(2)13(17)15-12-7-11(16-18-12)9-3-5-10(14)6-4-9/h3-8H,1-2H3,(H,15,17). The SMILES string of the molecule is CC(C)C(=O)Nc1cc(-c2ccc(Br)cc2)ns1. The zero-order chi connectivity index (χ0) is 13.1. The lowest BCUT2D eigenvalue weighted by Crippen LogP contribution is -2.16. The average molecular weight is 325 g/mol. The average Bonchev–Trinajstić information content (AvgIpc) is 2.78. The van der Waals surface area contributed by atoms with Gasteiger partial charge in [0.25, 0.3) is 0 Å². The summed E-state index contributed by atoms with van der Waals surface area (Å²) in [6.45, 7) is 3.73. The number of hydrogen-bond donors (Lipinski definition) is 1. The van der Waals surface area contributed by atoms with E-state index in [2.05, 4.69) is 25.6 Å². The normalized spacial score (nSPS) is 10.7. The zero-order valence-corrected chi connectivity index (χ0v) is 12.5. The molecular formula is C13H13BrN2OS. The van der Waals surface area contributed by atoms with Crippen molar-refractivity contribution in [2.45, 2.75) is 13.8 Å². The second-order valence-electron chi connectivity index (χ2n) is 4.23. The third kappa shape index (κ3) is 3.17. The molecule has 1 heterocycles. The van der Waals surface area contributed by atoms with Crippen LogP contribution in [0, 0.1) is 5.92 Å². The number of carbonyl (C=O) groups excluding carboxylic acids is 1. The van der Waals surface area contributed by atoms with Crippen LogP contribution in [0.25, 0.3) is 11.3 Å². The molecule has 3 nitrogen and oxygen atoms in total. The van der Waals surface area contributed by atoms with Gasteiger partial charge < -0.3 is 5.32 Å². The largest absolute Gasteiger partial charge is 0.316 e. The van der Waals surface area contributed by atoms with Gasteiger partial charge in [0, 0.05) is 22.0 Å². The number of amides is 1. The lowest BCUT2D eigenvalue weighted by Gasteiger charge is -2.03. The lowest BCUT2D eigenvalue weighted by molar-refractivity contribution is -0.118. The van der Waals surface area contributed by atoms with Gasteiger partial charge in [-0.3, -0.25) is 4.79 Å². The Hall–Kier alpha value is -1.20. The maximum absolute atomic E-state index is 11.6. The van der Waals surface area contributed by atoms with Gasteiger partial charge in [-0.05, 0) is 23.7 Å². The summed E-state index contributed by atoms with van der Waals surface area (Å²) in [4.78, 5) is 11.6. The van der Waals surface area contributed by atoms with E-state index in [9.17, 15) is 4.79 Å². The molecule has 18 heavy (non-hydrogen) atoms. The monoisotopic (exact) mass is 324 g/mol. The Labute approximate surface area is 119 Å². The minimum atomic E-state index is -0.0248. The number of nitrogens with zero attached hydrogens (tertiary/aromatic N) is 1. The number of anilines is 1. The predicted molar refractivity (Wildman–Crippen MR) is 78.7 cm³/mol. The Morgan fingerprint density at radius 1 is 1.33 bits per heavy atom. The molecule has 0 atom stereocenters. The molecule has 0 aliphatic heterocycles. The number of nitrogens with one attached hydrogen (secondary N) is 1. The molecule has 2 aromatic rings. The Bertz CT molecular complexity index is 548.